The Hall–Kier alpha value is -3.26. The molecule has 128 valence electrons. The second kappa shape index (κ2) is 9.14. The van der Waals surface area contributed by atoms with E-state index in [9.17, 15) is 4.79 Å². The largest absolute Gasteiger partial charge is 0.497 e. The van der Waals surface area contributed by atoms with Crippen molar-refractivity contribution in [1.82, 2.24) is 5.32 Å². The van der Waals surface area contributed by atoms with Crippen molar-refractivity contribution in [3.05, 3.63) is 71.4 Å². The van der Waals surface area contributed by atoms with Crippen LogP contribution in [0.2, 0.25) is 0 Å². The monoisotopic (exact) mass is 335 g/mol. The number of carbonyl (C=O) groups excluding carboxylic acids is 1. The van der Waals surface area contributed by atoms with Crippen molar-refractivity contribution in [3.63, 3.8) is 0 Å². The average Bonchev–Trinajstić information content (AvgIpc) is 2.64. The van der Waals surface area contributed by atoms with Crippen LogP contribution in [-0.2, 0) is 11.2 Å². The Labute approximate surface area is 147 Å². The summed E-state index contributed by atoms with van der Waals surface area (Å²) in [7, 11) is 1.63. The van der Waals surface area contributed by atoms with Crippen molar-refractivity contribution in [2.45, 2.75) is 13.3 Å². The molecule has 0 saturated carbocycles. The summed E-state index contributed by atoms with van der Waals surface area (Å²) in [4.78, 5) is 12.1. The Morgan fingerprint density at radius 2 is 1.84 bits per heavy atom. The molecule has 0 saturated heterocycles. The number of hydrogen-bond acceptors (Lipinski definition) is 4. The molecule has 2 aromatic carbocycles. The number of amides is 1. The van der Waals surface area contributed by atoms with Crippen molar-refractivity contribution in [2.75, 3.05) is 19.0 Å². The molecule has 5 heteroatoms. The van der Waals surface area contributed by atoms with Gasteiger partial charge in [0.1, 0.15) is 17.4 Å². The van der Waals surface area contributed by atoms with E-state index in [4.69, 9.17) is 10.00 Å². The van der Waals surface area contributed by atoms with Crippen molar-refractivity contribution in [2.24, 2.45) is 0 Å². The molecule has 0 radical (unpaired) electrons. The van der Waals surface area contributed by atoms with Gasteiger partial charge < -0.3 is 15.4 Å². The third kappa shape index (κ3) is 5.70. The van der Waals surface area contributed by atoms with Crippen LogP contribution in [0.15, 0.2) is 60.3 Å². The summed E-state index contributed by atoms with van der Waals surface area (Å²) < 4.78 is 5.12. The van der Waals surface area contributed by atoms with Gasteiger partial charge in [0, 0.05) is 18.4 Å². The number of ether oxygens (including phenoxy) is 1. The zero-order chi connectivity index (χ0) is 18.1. The molecular weight excluding hydrogens is 314 g/mol. The van der Waals surface area contributed by atoms with E-state index in [0.29, 0.717) is 12.2 Å². The standard InChI is InChI=1S/C20H21N3O2/c1-15-3-7-18(8-4-15)23-20(24)17(13-21)14-22-12-11-16-5-9-19(25-2)10-6-16/h3-10,14,22H,11-12H2,1-2H3,(H,23,24)/b17-14-. The SMILES string of the molecule is COc1ccc(CCN/C=C(/C#N)C(=O)Nc2ccc(C)cc2)cc1. The van der Waals surface area contributed by atoms with Gasteiger partial charge in [-0.25, -0.2) is 0 Å². The number of methoxy groups -OCH3 is 1. The Bertz CT molecular complexity index is 772. The zero-order valence-electron chi connectivity index (χ0n) is 14.4. The molecule has 5 nitrogen and oxygen atoms in total. The first-order valence-electron chi connectivity index (χ1n) is 7.97. The first-order valence-corrected chi connectivity index (χ1v) is 7.97. The third-order valence-corrected chi connectivity index (χ3v) is 3.64. The number of benzene rings is 2. The molecule has 0 atom stereocenters. The lowest BCUT2D eigenvalue weighted by Gasteiger charge is -2.06. The van der Waals surface area contributed by atoms with Gasteiger partial charge >= 0.3 is 0 Å². The van der Waals surface area contributed by atoms with Crippen LogP contribution in [0, 0.1) is 18.3 Å². The van der Waals surface area contributed by atoms with E-state index < -0.39 is 5.91 Å². The van der Waals surface area contributed by atoms with Gasteiger partial charge in [0.25, 0.3) is 5.91 Å². The van der Waals surface area contributed by atoms with Crippen LogP contribution >= 0.6 is 0 Å². The zero-order valence-corrected chi connectivity index (χ0v) is 14.4. The number of carbonyl (C=O) groups is 1. The lowest BCUT2D eigenvalue weighted by molar-refractivity contribution is -0.112. The van der Waals surface area contributed by atoms with Crippen molar-refractivity contribution >= 4 is 11.6 Å². The normalized spacial score (nSPS) is 10.7. The summed E-state index contributed by atoms with van der Waals surface area (Å²) in [6.45, 7) is 2.59. The lowest BCUT2D eigenvalue weighted by atomic mass is 10.1. The van der Waals surface area contributed by atoms with Gasteiger partial charge in [-0.3, -0.25) is 4.79 Å². The first kappa shape index (κ1) is 18.1. The second-order valence-corrected chi connectivity index (χ2v) is 5.54. The minimum Gasteiger partial charge on any atom is -0.497 e. The number of anilines is 1. The molecule has 0 aliphatic carbocycles. The molecule has 0 spiro atoms. The molecule has 1 amide bonds. The summed E-state index contributed by atoms with van der Waals surface area (Å²) in [6, 6.07) is 17.1. The lowest BCUT2D eigenvalue weighted by Crippen LogP contribution is -2.18. The van der Waals surface area contributed by atoms with Gasteiger partial charge in [0.2, 0.25) is 0 Å². The number of nitrogens with one attached hydrogen (secondary N) is 2. The van der Waals surface area contributed by atoms with E-state index in [1.165, 1.54) is 6.20 Å². The van der Waals surface area contributed by atoms with E-state index in [0.717, 1.165) is 23.3 Å². The van der Waals surface area contributed by atoms with Gasteiger partial charge in [0.05, 0.1) is 7.11 Å². The van der Waals surface area contributed by atoms with E-state index in [2.05, 4.69) is 10.6 Å². The predicted molar refractivity (Wildman–Crippen MR) is 98.2 cm³/mol. The summed E-state index contributed by atoms with van der Waals surface area (Å²) in [6.07, 6.45) is 2.23. The van der Waals surface area contributed by atoms with Crippen LogP contribution in [0.4, 0.5) is 5.69 Å². The van der Waals surface area contributed by atoms with E-state index in [-0.39, 0.29) is 5.57 Å². The molecule has 25 heavy (non-hydrogen) atoms. The first-order chi connectivity index (χ1) is 12.1. The van der Waals surface area contributed by atoms with Crippen molar-refractivity contribution in [1.29, 1.82) is 5.26 Å². The minimum absolute atomic E-state index is 0.0373. The van der Waals surface area contributed by atoms with E-state index >= 15 is 0 Å². The molecule has 0 aliphatic heterocycles. The molecule has 0 aromatic heterocycles. The highest BCUT2D eigenvalue weighted by Gasteiger charge is 2.08. The number of aryl methyl sites for hydroxylation is 1. The van der Waals surface area contributed by atoms with Gasteiger partial charge in [-0.05, 0) is 43.2 Å². The summed E-state index contributed by atoms with van der Waals surface area (Å²) in [5.74, 6) is 0.388. The summed E-state index contributed by atoms with van der Waals surface area (Å²) in [5, 5.41) is 14.9. The fraction of sp³-hybridized carbons (Fsp3) is 0.200. The molecule has 0 heterocycles. The highest BCUT2D eigenvalue weighted by Crippen LogP contribution is 2.12. The molecule has 0 aliphatic rings. The topological polar surface area (TPSA) is 74.1 Å². The van der Waals surface area contributed by atoms with Crippen LogP contribution in [0.5, 0.6) is 5.75 Å². The van der Waals surface area contributed by atoms with E-state index in [1.807, 2.05) is 49.4 Å². The minimum atomic E-state index is -0.427. The van der Waals surface area contributed by atoms with Gasteiger partial charge in [-0.1, -0.05) is 29.8 Å². The molecule has 2 N–H and O–H groups in total. The molecule has 0 fully saturated rings. The van der Waals surface area contributed by atoms with Crippen LogP contribution < -0.4 is 15.4 Å². The average molecular weight is 335 g/mol. The van der Waals surface area contributed by atoms with Crippen molar-refractivity contribution < 1.29 is 9.53 Å². The maximum Gasteiger partial charge on any atom is 0.267 e. The van der Waals surface area contributed by atoms with Crippen LogP contribution in [0.3, 0.4) is 0 Å². The van der Waals surface area contributed by atoms with Crippen molar-refractivity contribution in [3.8, 4) is 11.8 Å². The Morgan fingerprint density at radius 3 is 2.44 bits per heavy atom. The third-order valence-electron chi connectivity index (χ3n) is 3.64. The Kier molecular flexibility index (Phi) is 6.61. The summed E-state index contributed by atoms with van der Waals surface area (Å²) in [5.41, 5.74) is 2.95. The number of rotatable bonds is 7. The Morgan fingerprint density at radius 1 is 1.16 bits per heavy atom. The quantitative estimate of drug-likeness (QED) is 0.463. The Balaban J connectivity index is 1.85. The highest BCUT2D eigenvalue weighted by atomic mass is 16.5. The highest BCUT2D eigenvalue weighted by molar-refractivity contribution is 6.06. The van der Waals surface area contributed by atoms with Crippen LogP contribution in [0.1, 0.15) is 11.1 Å². The van der Waals surface area contributed by atoms with Gasteiger partial charge in [0.15, 0.2) is 0 Å². The second-order valence-electron chi connectivity index (χ2n) is 5.54. The predicted octanol–water partition coefficient (Wildman–Crippen LogP) is 3.18. The number of hydrogen-bond donors (Lipinski definition) is 2. The fourth-order valence-corrected chi connectivity index (χ4v) is 2.17. The summed E-state index contributed by atoms with van der Waals surface area (Å²) >= 11 is 0. The fourth-order valence-electron chi connectivity index (χ4n) is 2.17. The molecule has 0 unspecified atom stereocenters. The molecule has 2 aromatic rings. The van der Waals surface area contributed by atoms with E-state index in [1.54, 1.807) is 19.2 Å². The number of nitrogens with zero attached hydrogens (tertiary/aromatic N) is 1. The maximum absolute atomic E-state index is 12.1. The molecule has 2 rings (SSSR count). The van der Waals surface area contributed by atoms with Crippen LogP contribution in [-0.4, -0.2) is 19.6 Å². The molecular formula is C20H21N3O2. The van der Waals surface area contributed by atoms with Crippen LogP contribution in [0.25, 0.3) is 0 Å². The van der Waals surface area contributed by atoms with Gasteiger partial charge in [-0.15, -0.1) is 0 Å². The number of nitriles is 1. The maximum atomic E-state index is 12.1. The molecule has 0 bridgehead atoms. The van der Waals surface area contributed by atoms with Gasteiger partial charge in [-0.2, -0.15) is 5.26 Å². The smallest absolute Gasteiger partial charge is 0.267 e.